The first-order valence-corrected chi connectivity index (χ1v) is 5.73. The Morgan fingerprint density at radius 1 is 0.917 bits per heavy atom. The second kappa shape index (κ2) is 5.82. The van der Waals surface area contributed by atoms with Crippen LogP contribution >= 0.6 is 0 Å². The molecule has 0 spiro atoms. The van der Waals surface area contributed by atoms with E-state index in [2.05, 4.69) is 3.97 Å². The average Bonchev–Trinajstić information content (AvgIpc) is 2.07. The van der Waals surface area contributed by atoms with Crippen molar-refractivity contribution in [1.29, 1.82) is 0 Å². The molecule has 2 N–H and O–H groups in total. The molecule has 0 saturated heterocycles. The molecule has 0 amide bonds. The molecule has 0 fully saturated rings. The third-order valence-corrected chi connectivity index (χ3v) is 1.16. The van der Waals surface area contributed by atoms with Gasteiger partial charge in [0.25, 0.3) is 0 Å². The predicted octanol–water partition coefficient (Wildman–Crippen LogP) is 0.451. The van der Waals surface area contributed by atoms with E-state index in [1.807, 2.05) is 36.4 Å². The zero-order chi connectivity index (χ0) is 9.45. The van der Waals surface area contributed by atoms with Crippen molar-refractivity contribution in [2.24, 2.45) is 0 Å². The molecule has 1 rings (SSSR count). The van der Waals surface area contributed by atoms with Gasteiger partial charge in [0, 0.05) is 0 Å². The summed E-state index contributed by atoms with van der Waals surface area (Å²) in [6.07, 6.45) is 0. The largest absolute Gasteiger partial charge is 0.0623 e. The maximum atomic E-state index is 9.16. The van der Waals surface area contributed by atoms with Gasteiger partial charge in [-0.2, -0.15) is 0 Å². The van der Waals surface area contributed by atoms with Crippen LogP contribution in [0.5, 0.6) is 0 Å². The van der Waals surface area contributed by atoms with Crippen molar-refractivity contribution >= 4 is 13.4 Å². The molecule has 5 nitrogen and oxygen atoms in total. The van der Waals surface area contributed by atoms with Gasteiger partial charge >= 0.3 is 34.5 Å². The van der Waals surface area contributed by atoms with Crippen molar-refractivity contribution in [3.05, 3.63) is 36.4 Å². The minimum Gasteiger partial charge on any atom is -0.0623 e. The van der Waals surface area contributed by atoms with E-state index in [0.29, 0.717) is 0 Å². The molecule has 0 atom stereocenters. The van der Waals surface area contributed by atoms with Gasteiger partial charge in [-0.1, -0.05) is 36.4 Å². The Bertz CT molecular complexity index is 253. The SMILES string of the molecule is O=[Se](=O)(O)OO.c1ccccc1. The molecule has 0 radical (unpaired) electrons. The van der Waals surface area contributed by atoms with Gasteiger partial charge in [-0.25, -0.2) is 0 Å². The molecule has 0 aromatic heterocycles. The van der Waals surface area contributed by atoms with Crippen LogP contribution in [0.4, 0.5) is 0 Å². The van der Waals surface area contributed by atoms with Crippen LogP contribution in [0, 0.1) is 0 Å². The summed E-state index contributed by atoms with van der Waals surface area (Å²) in [4.78, 5) is 0. The van der Waals surface area contributed by atoms with Crippen molar-refractivity contribution in [2.75, 3.05) is 0 Å². The first-order valence-electron chi connectivity index (χ1n) is 2.87. The Labute approximate surface area is 71.4 Å². The quantitative estimate of drug-likeness (QED) is 0.422. The van der Waals surface area contributed by atoms with E-state index in [1.165, 1.54) is 0 Å². The van der Waals surface area contributed by atoms with Gasteiger partial charge in [0.05, 0.1) is 0 Å². The van der Waals surface area contributed by atoms with Crippen LogP contribution in [0.15, 0.2) is 36.4 Å². The van der Waals surface area contributed by atoms with Crippen LogP contribution in [-0.4, -0.2) is 22.8 Å². The molecule has 0 bridgehead atoms. The fraction of sp³-hybridized carbons (Fsp3) is 0. The maximum Gasteiger partial charge on any atom is -0.0623 e. The standard InChI is InChI=1S/C6H6.H2O5Se/c1-2-4-6-5-3-1;1-5-6(2,3)4/h1-6H;1H,(H,2,3,4). The van der Waals surface area contributed by atoms with Gasteiger partial charge in [-0.3, -0.25) is 0 Å². The predicted molar refractivity (Wildman–Crippen MR) is 39.5 cm³/mol. The normalized spacial score (nSPS) is 9.83. The smallest absolute Gasteiger partial charge is 0.0623 e. The molecule has 0 aliphatic rings. The molecular formula is C6H8O5Se. The Morgan fingerprint density at radius 2 is 1.08 bits per heavy atom. The first-order chi connectivity index (χ1) is 5.56. The summed E-state index contributed by atoms with van der Waals surface area (Å²) >= 11 is -5.22. The van der Waals surface area contributed by atoms with E-state index in [9.17, 15) is 0 Å². The van der Waals surface area contributed by atoms with E-state index < -0.39 is 13.4 Å². The fourth-order valence-corrected chi connectivity index (χ4v) is 0.385. The van der Waals surface area contributed by atoms with Gasteiger partial charge < -0.3 is 0 Å². The summed E-state index contributed by atoms with van der Waals surface area (Å²) < 4.78 is 28.2. The molecule has 1 aromatic carbocycles. The molecule has 6 heteroatoms. The van der Waals surface area contributed by atoms with E-state index in [1.54, 1.807) is 0 Å². The van der Waals surface area contributed by atoms with E-state index in [0.717, 1.165) is 0 Å². The van der Waals surface area contributed by atoms with E-state index >= 15 is 0 Å². The summed E-state index contributed by atoms with van der Waals surface area (Å²) in [6, 6.07) is 12.0. The number of rotatable bonds is 1. The summed E-state index contributed by atoms with van der Waals surface area (Å²) in [5, 5.41) is 7.10. The number of hydrogen-bond donors (Lipinski definition) is 2. The molecule has 0 heterocycles. The molecule has 1 aromatic rings. The Morgan fingerprint density at radius 3 is 1.17 bits per heavy atom. The molecule has 0 aliphatic carbocycles. The van der Waals surface area contributed by atoms with Crippen LogP contribution in [0.3, 0.4) is 0 Å². The van der Waals surface area contributed by atoms with E-state index in [-0.39, 0.29) is 0 Å². The number of hydrogen-bond acceptors (Lipinski definition) is 4. The molecule has 68 valence electrons. The Kier molecular flexibility index (Phi) is 5.44. The maximum absolute atomic E-state index is 9.16. The average molecular weight is 239 g/mol. The monoisotopic (exact) mass is 240 g/mol. The fourth-order valence-electron chi connectivity index (χ4n) is 0.385. The van der Waals surface area contributed by atoms with E-state index in [4.69, 9.17) is 17.1 Å². The zero-order valence-electron chi connectivity index (χ0n) is 5.99. The van der Waals surface area contributed by atoms with Crippen LogP contribution in [0.2, 0.25) is 0 Å². The number of benzene rings is 1. The minimum atomic E-state index is -5.22. The summed E-state index contributed by atoms with van der Waals surface area (Å²) in [7, 11) is 0. The Balaban J connectivity index is 0.000000202. The second-order valence-corrected chi connectivity index (χ2v) is 3.76. The first kappa shape index (κ1) is 11.2. The van der Waals surface area contributed by atoms with Gasteiger partial charge in [-0.15, -0.1) is 0 Å². The molecule has 12 heavy (non-hydrogen) atoms. The topological polar surface area (TPSA) is 83.8 Å². The summed E-state index contributed by atoms with van der Waals surface area (Å²) in [5.74, 6) is 0. The Hall–Kier alpha value is -0.781. The van der Waals surface area contributed by atoms with Gasteiger partial charge in [0.1, 0.15) is 0 Å². The molecule has 0 aliphatic heterocycles. The third-order valence-electron chi connectivity index (χ3n) is 0.761. The van der Waals surface area contributed by atoms with Crippen LogP contribution in [0.1, 0.15) is 0 Å². The van der Waals surface area contributed by atoms with Crippen molar-refractivity contribution in [2.45, 2.75) is 0 Å². The van der Waals surface area contributed by atoms with Gasteiger partial charge in [-0.05, 0) is 0 Å². The van der Waals surface area contributed by atoms with Crippen LogP contribution in [0.25, 0.3) is 0 Å². The van der Waals surface area contributed by atoms with Crippen molar-refractivity contribution < 1.29 is 21.1 Å². The zero-order valence-corrected chi connectivity index (χ0v) is 7.70. The van der Waals surface area contributed by atoms with Crippen molar-refractivity contribution in [3.63, 3.8) is 0 Å². The summed E-state index contributed by atoms with van der Waals surface area (Å²) in [6.45, 7) is 0. The minimum absolute atomic E-state index is 2.00. The van der Waals surface area contributed by atoms with Gasteiger partial charge in [0.2, 0.25) is 0 Å². The van der Waals surface area contributed by atoms with Gasteiger partial charge in [0.15, 0.2) is 0 Å². The molecule has 0 saturated carbocycles. The van der Waals surface area contributed by atoms with Crippen molar-refractivity contribution in [3.8, 4) is 0 Å². The third kappa shape index (κ3) is 9.22. The summed E-state index contributed by atoms with van der Waals surface area (Å²) in [5.41, 5.74) is 0. The van der Waals surface area contributed by atoms with Crippen LogP contribution < -0.4 is 0 Å². The van der Waals surface area contributed by atoms with Crippen molar-refractivity contribution in [1.82, 2.24) is 0 Å². The molecular weight excluding hydrogens is 231 g/mol. The molecule has 0 unspecified atom stereocenters. The second-order valence-electron chi connectivity index (χ2n) is 1.66. The van der Waals surface area contributed by atoms with Crippen LogP contribution in [-0.2, 0) is 11.6 Å².